The average Bonchev–Trinajstić information content (AvgIpc) is 3.16. The number of hydrogen-bond donors (Lipinski definition) is 1. The second-order valence-electron chi connectivity index (χ2n) is 4.57. The summed E-state index contributed by atoms with van der Waals surface area (Å²) in [6.45, 7) is 0. The van der Waals surface area contributed by atoms with E-state index in [-0.39, 0.29) is 0 Å². The number of aryl methyl sites for hydroxylation is 2. The van der Waals surface area contributed by atoms with Crippen molar-refractivity contribution in [2.45, 2.75) is 12.8 Å². The molecule has 4 heteroatoms. The van der Waals surface area contributed by atoms with E-state index in [0.29, 0.717) is 0 Å². The average molecular weight is 300 g/mol. The fourth-order valence-corrected chi connectivity index (χ4v) is 3.71. The molecule has 0 aliphatic heterocycles. The van der Waals surface area contributed by atoms with Gasteiger partial charge in [-0.3, -0.25) is 0 Å². The van der Waals surface area contributed by atoms with Gasteiger partial charge in [0.25, 0.3) is 0 Å². The van der Waals surface area contributed by atoms with Crippen LogP contribution in [0.2, 0.25) is 0 Å². The molecule has 0 spiro atoms. The zero-order chi connectivity index (χ0) is 13.8. The highest BCUT2D eigenvalue weighted by molar-refractivity contribution is 7.20. The van der Waals surface area contributed by atoms with Crippen molar-refractivity contribution >= 4 is 28.4 Å². The first-order valence-electron chi connectivity index (χ1n) is 6.60. The third-order valence-corrected chi connectivity index (χ3v) is 5.13. The van der Waals surface area contributed by atoms with Crippen LogP contribution in [0.25, 0.3) is 9.88 Å². The summed E-state index contributed by atoms with van der Waals surface area (Å²) in [4.78, 5) is 5.98. The quantitative estimate of drug-likeness (QED) is 0.739. The van der Waals surface area contributed by atoms with Crippen LogP contribution in [0.3, 0.4) is 0 Å². The second-order valence-corrected chi connectivity index (χ2v) is 6.37. The standard InChI is InChI=1S/C16H16N2S2/c1-17-13-7-4-12(5-8-13)6-9-14-11-20-16(18-14)15-3-2-10-19-15/h2-5,7-8,10-11,17H,6,9H2,1H3. The van der Waals surface area contributed by atoms with E-state index in [1.165, 1.54) is 16.1 Å². The molecule has 0 atom stereocenters. The largest absolute Gasteiger partial charge is 0.388 e. The van der Waals surface area contributed by atoms with Crippen molar-refractivity contribution in [1.29, 1.82) is 0 Å². The third kappa shape index (κ3) is 3.08. The van der Waals surface area contributed by atoms with Crippen molar-refractivity contribution in [2.75, 3.05) is 12.4 Å². The molecule has 3 rings (SSSR count). The lowest BCUT2D eigenvalue weighted by atomic mass is 10.1. The normalized spacial score (nSPS) is 10.7. The maximum Gasteiger partial charge on any atom is 0.133 e. The first-order valence-corrected chi connectivity index (χ1v) is 8.36. The molecule has 1 aromatic carbocycles. The molecule has 0 saturated heterocycles. The Morgan fingerprint density at radius 1 is 1.05 bits per heavy atom. The maximum absolute atomic E-state index is 4.72. The highest BCUT2D eigenvalue weighted by Crippen LogP contribution is 2.28. The minimum Gasteiger partial charge on any atom is -0.388 e. The van der Waals surface area contributed by atoms with Gasteiger partial charge < -0.3 is 5.32 Å². The Kier molecular flexibility index (Phi) is 4.14. The minimum absolute atomic E-state index is 1.00. The summed E-state index contributed by atoms with van der Waals surface area (Å²) in [6, 6.07) is 12.8. The maximum atomic E-state index is 4.72. The lowest BCUT2D eigenvalue weighted by molar-refractivity contribution is 0.927. The molecule has 2 aromatic heterocycles. The van der Waals surface area contributed by atoms with Crippen LogP contribution in [-0.2, 0) is 12.8 Å². The molecule has 2 nitrogen and oxygen atoms in total. The van der Waals surface area contributed by atoms with E-state index < -0.39 is 0 Å². The molecule has 1 N–H and O–H groups in total. The molecule has 0 fully saturated rings. The smallest absolute Gasteiger partial charge is 0.133 e. The predicted octanol–water partition coefficient (Wildman–Crippen LogP) is 4.70. The van der Waals surface area contributed by atoms with Crippen LogP contribution in [0.1, 0.15) is 11.3 Å². The first kappa shape index (κ1) is 13.3. The number of rotatable bonds is 5. The van der Waals surface area contributed by atoms with Crippen LogP contribution in [0.15, 0.2) is 47.2 Å². The fraction of sp³-hybridized carbons (Fsp3) is 0.188. The topological polar surface area (TPSA) is 24.9 Å². The predicted molar refractivity (Wildman–Crippen MR) is 88.8 cm³/mol. The summed E-state index contributed by atoms with van der Waals surface area (Å²) in [7, 11) is 1.94. The van der Waals surface area contributed by atoms with Gasteiger partial charge in [0.05, 0.1) is 10.6 Å². The number of hydrogen-bond acceptors (Lipinski definition) is 4. The Morgan fingerprint density at radius 2 is 1.90 bits per heavy atom. The van der Waals surface area contributed by atoms with Crippen molar-refractivity contribution < 1.29 is 0 Å². The Labute approximate surface area is 127 Å². The van der Waals surface area contributed by atoms with Crippen LogP contribution < -0.4 is 5.32 Å². The molecule has 2 heterocycles. The van der Waals surface area contributed by atoms with E-state index in [9.17, 15) is 0 Å². The summed E-state index contributed by atoms with van der Waals surface area (Å²) in [5.74, 6) is 0. The first-order chi connectivity index (χ1) is 9.85. The van der Waals surface area contributed by atoms with E-state index in [0.717, 1.165) is 23.5 Å². The molecule has 20 heavy (non-hydrogen) atoms. The van der Waals surface area contributed by atoms with E-state index in [1.54, 1.807) is 22.7 Å². The SMILES string of the molecule is CNc1ccc(CCc2csc(-c3cccs3)n2)cc1. The number of benzene rings is 1. The van der Waals surface area contributed by atoms with Gasteiger partial charge in [0.1, 0.15) is 5.01 Å². The zero-order valence-electron chi connectivity index (χ0n) is 11.3. The van der Waals surface area contributed by atoms with E-state index in [4.69, 9.17) is 4.98 Å². The van der Waals surface area contributed by atoms with Gasteiger partial charge in [0, 0.05) is 18.1 Å². The van der Waals surface area contributed by atoms with Gasteiger partial charge in [0.2, 0.25) is 0 Å². The summed E-state index contributed by atoms with van der Waals surface area (Å²) in [5, 5.41) is 8.55. The molecule has 0 aliphatic rings. The highest BCUT2D eigenvalue weighted by atomic mass is 32.1. The van der Waals surface area contributed by atoms with Crippen molar-refractivity contribution in [3.63, 3.8) is 0 Å². The van der Waals surface area contributed by atoms with Crippen LogP contribution in [-0.4, -0.2) is 12.0 Å². The number of aromatic nitrogens is 1. The van der Waals surface area contributed by atoms with Gasteiger partial charge in [-0.25, -0.2) is 4.98 Å². The third-order valence-electron chi connectivity index (χ3n) is 3.20. The van der Waals surface area contributed by atoms with E-state index in [1.807, 2.05) is 7.05 Å². The highest BCUT2D eigenvalue weighted by Gasteiger charge is 2.05. The zero-order valence-corrected chi connectivity index (χ0v) is 12.9. The van der Waals surface area contributed by atoms with Crippen LogP contribution in [0, 0.1) is 0 Å². The number of nitrogens with one attached hydrogen (secondary N) is 1. The van der Waals surface area contributed by atoms with Gasteiger partial charge in [-0.15, -0.1) is 22.7 Å². The van der Waals surface area contributed by atoms with Gasteiger partial charge in [-0.1, -0.05) is 18.2 Å². The van der Waals surface area contributed by atoms with E-state index in [2.05, 4.69) is 52.5 Å². The Morgan fingerprint density at radius 3 is 2.60 bits per heavy atom. The molecule has 0 saturated carbocycles. The van der Waals surface area contributed by atoms with Crippen LogP contribution in [0.4, 0.5) is 5.69 Å². The molecule has 0 unspecified atom stereocenters. The van der Waals surface area contributed by atoms with Crippen molar-refractivity contribution in [2.24, 2.45) is 0 Å². The number of thiophene rings is 1. The molecular weight excluding hydrogens is 284 g/mol. The number of anilines is 1. The summed E-state index contributed by atoms with van der Waals surface area (Å²) in [6.07, 6.45) is 2.04. The molecule has 3 aromatic rings. The molecule has 102 valence electrons. The summed E-state index contributed by atoms with van der Waals surface area (Å²) < 4.78 is 0. The van der Waals surface area contributed by atoms with Crippen molar-refractivity contribution in [3.8, 4) is 9.88 Å². The molecule has 0 bridgehead atoms. The lowest BCUT2D eigenvalue weighted by Gasteiger charge is -2.02. The fourth-order valence-electron chi connectivity index (χ4n) is 2.05. The Bertz CT molecular complexity index is 654. The molecule has 0 radical (unpaired) electrons. The van der Waals surface area contributed by atoms with Gasteiger partial charge >= 0.3 is 0 Å². The summed E-state index contributed by atoms with van der Waals surface area (Å²) in [5.41, 5.74) is 3.70. The second kappa shape index (κ2) is 6.20. The van der Waals surface area contributed by atoms with Crippen LogP contribution >= 0.6 is 22.7 Å². The van der Waals surface area contributed by atoms with Crippen molar-refractivity contribution in [1.82, 2.24) is 4.98 Å². The summed E-state index contributed by atoms with van der Waals surface area (Å²) >= 11 is 3.49. The van der Waals surface area contributed by atoms with E-state index >= 15 is 0 Å². The molecule has 0 amide bonds. The van der Waals surface area contributed by atoms with Gasteiger partial charge in [0.15, 0.2) is 0 Å². The number of nitrogens with zero attached hydrogens (tertiary/aromatic N) is 1. The van der Waals surface area contributed by atoms with Gasteiger partial charge in [-0.2, -0.15) is 0 Å². The Hall–Kier alpha value is -1.65. The number of thiazole rings is 1. The minimum atomic E-state index is 1.00. The monoisotopic (exact) mass is 300 g/mol. The van der Waals surface area contributed by atoms with Gasteiger partial charge in [-0.05, 0) is 42.0 Å². The molecule has 0 aliphatic carbocycles. The van der Waals surface area contributed by atoms with Crippen LogP contribution in [0.5, 0.6) is 0 Å². The Balaban J connectivity index is 1.63. The van der Waals surface area contributed by atoms with Crippen molar-refractivity contribution in [3.05, 3.63) is 58.4 Å². The lowest BCUT2D eigenvalue weighted by Crippen LogP contribution is -1.93. The molecular formula is C16H16N2S2.